The molecule has 0 bridgehead atoms. The summed E-state index contributed by atoms with van der Waals surface area (Å²) < 4.78 is 0. The molecule has 0 saturated heterocycles. The quantitative estimate of drug-likeness (QED) is 0.625. The number of hydrogen-bond acceptors (Lipinski definition) is 3. The molecule has 2 N–H and O–H groups in total. The SMILES string of the molecule is C=C(NO)c1ccc(C)nc1. The molecule has 0 aliphatic heterocycles. The normalized spacial score (nSPS) is 9.27. The van der Waals surface area contributed by atoms with Gasteiger partial charge in [0.1, 0.15) is 0 Å². The fourth-order valence-electron chi connectivity index (χ4n) is 0.711. The highest BCUT2D eigenvalue weighted by Gasteiger charge is 1.95. The third-order valence-electron chi connectivity index (χ3n) is 1.39. The van der Waals surface area contributed by atoms with E-state index in [-0.39, 0.29) is 0 Å². The predicted octanol–water partition coefficient (Wildman–Crippen LogP) is 1.34. The van der Waals surface area contributed by atoms with Gasteiger partial charge in [0.15, 0.2) is 0 Å². The highest BCUT2D eigenvalue weighted by Crippen LogP contribution is 2.06. The Bertz CT molecular complexity index is 253. The maximum atomic E-state index is 8.48. The first-order valence-corrected chi connectivity index (χ1v) is 3.26. The van der Waals surface area contributed by atoms with Crippen LogP contribution < -0.4 is 5.48 Å². The second-order valence-electron chi connectivity index (χ2n) is 2.28. The molecule has 11 heavy (non-hydrogen) atoms. The average molecular weight is 150 g/mol. The van der Waals surface area contributed by atoms with Gasteiger partial charge in [-0.15, -0.1) is 0 Å². The number of pyridine rings is 1. The topological polar surface area (TPSA) is 45.1 Å². The Hall–Kier alpha value is -1.35. The summed E-state index contributed by atoms with van der Waals surface area (Å²) in [7, 11) is 0. The minimum Gasteiger partial charge on any atom is -0.291 e. The summed E-state index contributed by atoms with van der Waals surface area (Å²) in [5.74, 6) is 0. The molecule has 1 heterocycles. The first kappa shape index (κ1) is 7.75. The summed E-state index contributed by atoms with van der Waals surface area (Å²) in [6.45, 7) is 5.47. The number of rotatable bonds is 2. The zero-order chi connectivity index (χ0) is 8.27. The fraction of sp³-hybridized carbons (Fsp3) is 0.125. The minimum absolute atomic E-state index is 0.456. The van der Waals surface area contributed by atoms with E-state index in [4.69, 9.17) is 5.21 Å². The first-order valence-electron chi connectivity index (χ1n) is 3.26. The van der Waals surface area contributed by atoms with Crippen molar-refractivity contribution in [2.75, 3.05) is 0 Å². The van der Waals surface area contributed by atoms with Gasteiger partial charge in [0, 0.05) is 17.5 Å². The maximum absolute atomic E-state index is 8.48. The maximum Gasteiger partial charge on any atom is 0.0618 e. The number of aromatic nitrogens is 1. The van der Waals surface area contributed by atoms with Crippen LogP contribution in [0.15, 0.2) is 24.9 Å². The second kappa shape index (κ2) is 3.16. The molecule has 1 aromatic rings. The summed E-state index contributed by atoms with van der Waals surface area (Å²) in [5, 5.41) is 8.48. The minimum atomic E-state index is 0.456. The number of hydroxylamine groups is 1. The molecule has 58 valence electrons. The Balaban J connectivity index is 2.90. The molecule has 0 amide bonds. The molecule has 1 rings (SSSR count). The van der Waals surface area contributed by atoms with Crippen molar-refractivity contribution in [2.24, 2.45) is 0 Å². The van der Waals surface area contributed by atoms with Crippen LogP contribution in [0.25, 0.3) is 5.70 Å². The van der Waals surface area contributed by atoms with E-state index in [1.807, 2.05) is 24.5 Å². The van der Waals surface area contributed by atoms with Gasteiger partial charge in [-0.2, -0.15) is 0 Å². The van der Waals surface area contributed by atoms with Gasteiger partial charge in [0.2, 0.25) is 0 Å². The lowest BCUT2D eigenvalue weighted by Crippen LogP contribution is -2.04. The molecule has 0 aliphatic rings. The Morgan fingerprint density at radius 1 is 1.64 bits per heavy atom. The van der Waals surface area contributed by atoms with Gasteiger partial charge in [-0.05, 0) is 19.1 Å². The molecule has 0 fully saturated rings. The molecule has 1 aromatic heterocycles. The number of hydrogen-bond donors (Lipinski definition) is 2. The van der Waals surface area contributed by atoms with E-state index in [1.54, 1.807) is 6.20 Å². The Kier molecular flexibility index (Phi) is 2.23. The van der Waals surface area contributed by atoms with Crippen molar-refractivity contribution in [3.63, 3.8) is 0 Å². The van der Waals surface area contributed by atoms with Crippen LogP contribution >= 0.6 is 0 Å². The summed E-state index contributed by atoms with van der Waals surface area (Å²) in [6, 6.07) is 3.70. The third-order valence-corrected chi connectivity index (χ3v) is 1.39. The lowest BCUT2D eigenvalue weighted by atomic mass is 10.2. The average Bonchev–Trinajstić information content (AvgIpc) is 2.05. The van der Waals surface area contributed by atoms with Gasteiger partial charge in [-0.1, -0.05) is 6.58 Å². The lowest BCUT2D eigenvalue weighted by molar-refractivity contribution is 0.225. The molecule has 3 nitrogen and oxygen atoms in total. The molecule has 0 atom stereocenters. The van der Waals surface area contributed by atoms with Crippen LogP contribution in [0.4, 0.5) is 0 Å². The van der Waals surface area contributed by atoms with Crippen molar-refractivity contribution in [3.8, 4) is 0 Å². The van der Waals surface area contributed by atoms with E-state index in [0.717, 1.165) is 11.3 Å². The fourth-order valence-corrected chi connectivity index (χ4v) is 0.711. The third kappa shape index (κ3) is 1.78. The Labute approximate surface area is 65.4 Å². The summed E-state index contributed by atoms with van der Waals surface area (Å²) >= 11 is 0. The predicted molar refractivity (Wildman–Crippen MR) is 42.9 cm³/mol. The van der Waals surface area contributed by atoms with E-state index in [9.17, 15) is 0 Å². The van der Waals surface area contributed by atoms with Crippen LogP contribution in [0.1, 0.15) is 11.3 Å². The van der Waals surface area contributed by atoms with Crippen LogP contribution in [0.2, 0.25) is 0 Å². The van der Waals surface area contributed by atoms with Gasteiger partial charge >= 0.3 is 0 Å². The molecule has 0 aromatic carbocycles. The van der Waals surface area contributed by atoms with Gasteiger partial charge in [0.25, 0.3) is 0 Å². The van der Waals surface area contributed by atoms with Crippen molar-refractivity contribution in [3.05, 3.63) is 36.2 Å². The highest BCUT2D eigenvalue weighted by atomic mass is 16.5. The summed E-state index contributed by atoms with van der Waals surface area (Å²) in [6.07, 6.45) is 1.65. The lowest BCUT2D eigenvalue weighted by Gasteiger charge is -2.01. The van der Waals surface area contributed by atoms with Gasteiger partial charge in [0.05, 0.1) is 5.70 Å². The molecule has 0 aliphatic carbocycles. The van der Waals surface area contributed by atoms with Gasteiger partial charge in [-0.3, -0.25) is 15.7 Å². The zero-order valence-electron chi connectivity index (χ0n) is 6.33. The van der Waals surface area contributed by atoms with E-state index in [1.165, 1.54) is 0 Å². The largest absolute Gasteiger partial charge is 0.291 e. The molecule has 0 unspecified atom stereocenters. The molecule has 0 radical (unpaired) electrons. The first-order chi connectivity index (χ1) is 5.24. The Morgan fingerprint density at radius 3 is 2.82 bits per heavy atom. The van der Waals surface area contributed by atoms with Crippen molar-refractivity contribution in [1.82, 2.24) is 10.5 Å². The van der Waals surface area contributed by atoms with Crippen molar-refractivity contribution >= 4 is 5.70 Å². The van der Waals surface area contributed by atoms with Gasteiger partial charge < -0.3 is 0 Å². The van der Waals surface area contributed by atoms with Crippen LogP contribution in [0.5, 0.6) is 0 Å². The molecule has 3 heteroatoms. The van der Waals surface area contributed by atoms with Gasteiger partial charge in [-0.25, -0.2) is 0 Å². The second-order valence-corrected chi connectivity index (χ2v) is 2.28. The number of nitrogens with one attached hydrogen (secondary N) is 1. The molecule has 0 saturated carbocycles. The monoisotopic (exact) mass is 150 g/mol. The summed E-state index contributed by atoms with van der Waals surface area (Å²) in [5.41, 5.74) is 4.16. The van der Waals surface area contributed by atoms with Crippen molar-refractivity contribution in [2.45, 2.75) is 6.92 Å². The van der Waals surface area contributed by atoms with Crippen molar-refractivity contribution < 1.29 is 5.21 Å². The molecule has 0 spiro atoms. The van der Waals surface area contributed by atoms with E-state index >= 15 is 0 Å². The zero-order valence-corrected chi connectivity index (χ0v) is 6.33. The number of aryl methyl sites for hydroxylation is 1. The summed E-state index contributed by atoms with van der Waals surface area (Å²) in [4.78, 5) is 4.04. The smallest absolute Gasteiger partial charge is 0.0618 e. The van der Waals surface area contributed by atoms with Crippen LogP contribution in [0, 0.1) is 6.92 Å². The standard InChI is InChI=1S/C8H10N2O/c1-6-3-4-8(5-9-6)7(2)10-11/h3-5,10-11H,2H2,1H3. The van der Waals surface area contributed by atoms with Crippen LogP contribution in [0.3, 0.4) is 0 Å². The van der Waals surface area contributed by atoms with E-state index in [2.05, 4.69) is 11.6 Å². The molecular weight excluding hydrogens is 140 g/mol. The van der Waals surface area contributed by atoms with Crippen LogP contribution in [-0.2, 0) is 0 Å². The van der Waals surface area contributed by atoms with Crippen molar-refractivity contribution in [1.29, 1.82) is 0 Å². The van der Waals surface area contributed by atoms with Crippen LogP contribution in [-0.4, -0.2) is 10.2 Å². The highest BCUT2D eigenvalue weighted by molar-refractivity contribution is 5.59. The number of nitrogens with zero attached hydrogens (tertiary/aromatic N) is 1. The van der Waals surface area contributed by atoms with E-state index in [0.29, 0.717) is 5.70 Å². The van der Waals surface area contributed by atoms with E-state index < -0.39 is 0 Å². The molecular formula is C8H10N2O. The Morgan fingerprint density at radius 2 is 2.36 bits per heavy atom.